The lowest BCUT2D eigenvalue weighted by molar-refractivity contribution is -0.161. The first-order valence-corrected chi connectivity index (χ1v) is 10.6. The lowest BCUT2D eigenvalue weighted by atomic mass is 9.90. The second-order valence-electron chi connectivity index (χ2n) is 7.53. The van der Waals surface area contributed by atoms with Crippen LogP contribution in [0.1, 0.15) is 63.9 Å². The number of benzene rings is 1. The van der Waals surface area contributed by atoms with E-state index in [-0.39, 0.29) is 0 Å². The number of nitrogens with zero attached hydrogens (tertiary/aromatic N) is 2. The highest BCUT2D eigenvalue weighted by atomic mass is 16.5. The summed E-state index contributed by atoms with van der Waals surface area (Å²) in [5, 5.41) is 9.62. The van der Waals surface area contributed by atoms with Crippen molar-refractivity contribution in [3.8, 4) is 17.1 Å². The minimum atomic E-state index is -1.22. The summed E-state index contributed by atoms with van der Waals surface area (Å²) in [6.45, 7) is 3.33. The largest absolute Gasteiger partial charge is 0.479 e. The van der Waals surface area contributed by atoms with Gasteiger partial charge in [0, 0.05) is 24.6 Å². The summed E-state index contributed by atoms with van der Waals surface area (Å²) in [6, 6.07) is 7.80. The molecule has 0 radical (unpaired) electrons. The van der Waals surface area contributed by atoms with Gasteiger partial charge in [0.25, 0.3) is 0 Å². The van der Waals surface area contributed by atoms with Crippen LogP contribution in [0.4, 0.5) is 0 Å². The van der Waals surface area contributed by atoms with Crippen molar-refractivity contribution in [1.82, 2.24) is 9.97 Å². The van der Waals surface area contributed by atoms with E-state index < -0.39 is 11.6 Å². The molecule has 6 nitrogen and oxygen atoms in total. The summed E-state index contributed by atoms with van der Waals surface area (Å²) in [5.41, 5.74) is 1.24. The van der Waals surface area contributed by atoms with Crippen molar-refractivity contribution in [3.05, 3.63) is 42.2 Å². The normalized spacial score (nSPS) is 18.7. The molecule has 1 fully saturated rings. The number of carboxylic acids is 1. The highest BCUT2D eigenvalue weighted by Gasteiger charge is 2.44. The number of aliphatic carboxylic acids is 1. The Morgan fingerprint density at radius 1 is 1.07 bits per heavy atom. The molecule has 1 N–H and O–H groups in total. The van der Waals surface area contributed by atoms with Gasteiger partial charge in [0.15, 0.2) is 5.60 Å². The van der Waals surface area contributed by atoms with E-state index in [1.165, 1.54) is 32.1 Å². The number of carbonyl (C=O) groups is 1. The van der Waals surface area contributed by atoms with Crippen LogP contribution in [0.3, 0.4) is 0 Å². The monoisotopic (exact) mass is 398 g/mol. The summed E-state index contributed by atoms with van der Waals surface area (Å²) in [4.78, 5) is 20.3. The van der Waals surface area contributed by atoms with Crippen molar-refractivity contribution >= 4 is 5.97 Å². The Bertz CT molecular complexity index is 768. The Kier molecular flexibility index (Phi) is 7.58. The predicted molar refractivity (Wildman–Crippen MR) is 111 cm³/mol. The van der Waals surface area contributed by atoms with Crippen LogP contribution in [0.25, 0.3) is 11.1 Å². The van der Waals surface area contributed by atoms with Gasteiger partial charge in [0.1, 0.15) is 0 Å². The third-order valence-electron chi connectivity index (χ3n) is 5.41. The molecular weight excluding hydrogens is 368 g/mol. The molecule has 1 aromatic heterocycles. The Morgan fingerprint density at radius 2 is 1.76 bits per heavy atom. The number of ether oxygens (including phenoxy) is 2. The van der Waals surface area contributed by atoms with E-state index >= 15 is 0 Å². The third kappa shape index (κ3) is 5.32. The van der Waals surface area contributed by atoms with E-state index in [2.05, 4.69) is 16.9 Å². The summed E-state index contributed by atoms with van der Waals surface area (Å²) in [7, 11) is 0. The van der Waals surface area contributed by atoms with Crippen LogP contribution in [0.5, 0.6) is 6.01 Å². The molecule has 0 aliphatic carbocycles. The molecule has 29 heavy (non-hydrogen) atoms. The zero-order chi connectivity index (χ0) is 20.5. The molecule has 6 heteroatoms. The number of hydrogen-bond acceptors (Lipinski definition) is 5. The van der Waals surface area contributed by atoms with E-state index in [0.717, 1.165) is 24.0 Å². The molecule has 1 atom stereocenters. The summed E-state index contributed by atoms with van der Waals surface area (Å²) in [5.74, 6) is -0.932. The van der Waals surface area contributed by atoms with Crippen LogP contribution in [0.2, 0.25) is 0 Å². The number of carboxylic acid groups (broad SMARTS) is 1. The van der Waals surface area contributed by atoms with Crippen LogP contribution in [0.15, 0.2) is 36.7 Å². The molecule has 1 aromatic carbocycles. The standard InChI is InChI=1S/C23H30N2O4/c1-2-3-4-5-6-7-14-28-22-24-16-19(17-25-22)18-9-11-20(12-10-18)23(21(26)27)13-8-15-29-23/h9-12,16-17H,2-8,13-15H2,1H3,(H,26,27)/t23-/m1/s1. The highest BCUT2D eigenvalue weighted by molar-refractivity contribution is 5.80. The summed E-state index contributed by atoms with van der Waals surface area (Å²) < 4.78 is 11.2. The van der Waals surface area contributed by atoms with Gasteiger partial charge in [-0.15, -0.1) is 0 Å². The maximum atomic E-state index is 11.7. The van der Waals surface area contributed by atoms with Gasteiger partial charge in [-0.2, -0.15) is 0 Å². The van der Waals surface area contributed by atoms with Gasteiger partial charge in [-0.1, -0.05) is 63.3 Å². The van der Waals surface area contributed by atoms with Gasteiger partial charge in [-0.25, -0.2) is 14.8 Å². The van der Waals surface area contributed by atoms with Crippen molar-refractivity contribution in [3.63, 3.8) is 0 Å². The average Bonchev–Trinajstić information content (AvgIpc) is 3.25. The smallest absolute Gasteiger partial charge is 0.340 e. The van der Waals surface area contributed by atoms with Crippen molar-refractivity contribution in [2.75, 3.05) is 13.2 Å². The van der Waals surface area contributed by atoms with E-state index in [4.69, 9.17) is 9.47 Å². The Hall–Kier alpha value is -2.47. The second kappa shape index (κ2) is 10.3. The Balaban J connectivity index is 1.54. The lowest BCUT2D eigenvalue weighted by Crippen LogP contribution is -2.34. The molecule has 3 rings (SSSR count). The van der Waals surface area contributed by atoms with Crippen molar-refractivity contribution in [1.29, 1.82) is 0 Å². The quantitative estimate of drug-likeness (QED) is 0.538. The highest BCUT2D eigenvalue weighted by Crippen LogP contribution is 2.37. The third-order valence-corrected chi connectivity index (χ3v) is 5.41. The van der Waals surface area contributed by atoms with Crippen molar-refractivity contribution in [2.45, 2.75) is 63.9 Å². The molecule has 2 heterocycles. The van der Waals surface area contributed by atoms with Crippen LogP contribution >= 0.6 is 0 Å². The molecule has 0 spiro atoms. The molecule has 1 aliphatic heterocycles. The maximum absolute atomic E-state index is 11.7. The lowest BCUT2D eigenvalue weighted by Gasteiger charge is -2.23. The number of aromatic nitrogens is 2. The molecule has 0 saturated carbocycles. The Morgan fingerprint density at radius 3 is 2.38 bits per heavy atom. The minimum absolute atomic E-state index is 0.392. The molecular formula is C23H30N2O4. The van der Waals surface area contributed by atoms with Crippen LogP contribution in [-0.4, -0.2) is 34.3 Å². The van der Waals surface area contributed by atoms with Gasteiger partial charge in [0.2, 0.25) is 0 Å². The molecule has 0 bridgehead atoms. The topological polar surface area (TPSA) is 81.5 Å². The first-order valence-electron chi connectivity index (χ1n) is 10.6. The average molecular weight is 399 g/mol. The fourth-order valence-electron chi connectivity index (χ4n) is 3.68. The fourth-order valence-corrected chi connectivity index (χ4v) is 3.68. The Labute approximate surface area is 172 Å². The molecule has 0 unspecified atom stereocenters. The van der Waals surface area contributed by atoms with Crippen LogP contribution in [0, 0.1) is 0 Å². The van der Waals surface area contributed by atoms with Crippen molar-refractivity contribution in [2.24, 2.45) is 0 Å². The maximum Gasteiger partial charge on any atom is 0.340 e. The van der Waals surface area contributed by atoms with Gasteiger partial charge in [-0.05, 0) is 30.4 Å². The molecule has 0 amide bonds. The van der Waals surface area contributed by atoms with E-state index in [0.29, 0.717) is 31.2 Å². The number of hydrogen-bond donors (Lipinski definition) is 1. The van der Waals surface area contributed by atoms with Crippen molar-refractivity contribution < 1.29 is 19.4 Å². The van der Waals surface area contributed by atoms with E-state index in [1.807, 2.05) is 24.3 Å². The molecule has 2 aromatic rings. The van der Waals surface area contributed by atoms with Gasteiger partial charge < -0.3 is 14.6 Å². The van der Waals surface area contributed by atoms with Gasteiger partial charge >= 0.3 is 12.0 Å². The van der Waals surface area contributed by atoms with Gasteiger partial charge in [-0.3, -0.25) is 0 Å². The summed E-state index contributed by atoms with van der Waals surface area (Å²) in [6.07, 6.45) is 12.0. The fraction of sp³-hybridized carbons (Fsp3) is 0.522. The van der Waals surface area contributed by atoms with E-state index in [1.54, 1.807) is 12.4 Å². The molecule has 1 aliphatic rings. The van der Waals surface area contributed by atoms with Gasteiger partial charge in [0.05, 0.1) is 6.61 Å². The first kappa shape index (κ1) is 21.2. The zero-order valence-corrected chi connectivity index (χ0v) is 17.1. The SMILES string of the molecule is CCCCCCCCOc1ncc(-c2ccc([C@@]3(C(=O)O)CCCO3)cc2)cn1. The van der Waals surface area contributed by atoms with E-state index in [9.17, 15) is 9.90 Å². The molecule has 156 valence electrons. The minimum Gasteiger partial charge on any atom is -0.479 e. The summed E-state index contributed by atoms with van der Waals surface area (Å²) >= 11 is 0. The predicted octanol–water partition coefficient (Wildman–Crippen LogP) is 4.97. The first-order chi connectivity index (χ1) is 14.2. The van der Waals surface area contributed by atoms with Crippen LogP contribution in [-0.2, 0) is 15.1 Å². The number of rotatable bonds is 11. The zero-order valence-electron chi connectivity index (χ0n) is 17.1. The molecule has 1 saturated heterocycles. The second-order valence-corrected chi connectivity index (χ2v) is 7.53. The van der Waals surface area contributed by atoms with Crippen LogP contribution < -0.4 is 4.74 Å². The number of unbranched alkanes of at least 4 members (excludes halogenated alkanes) is 5.